The zero-order valence-electron chi connectivity index (χ0n) is 13.4. The normalized spacial score (nSPS) is 14.7. The van der Waals surface area contributed by atoms with Crippen molar-refractivity contribution in [3.8, 4) is 0 Å². The van der Waals surface area contributed by atoms with Crippen molar-refractivity contribution in [2.24, 2.45) is 5.92 Å². The third-order valence-electron chi connectivity index (χ3n) is 4.05. The van der Waals surface area contributed by atoms with E-state index < -0.39 is 0 Å². The summed E-state index contributed by atoms with van der Waals surface area (Å²) in [4.78, 5) is 0. The van der Waals surface area contributed by atoms with Crippen LogP contribution >= 0.6 is 0 Å². The van der Waals surface area contributed by atoms with Crippen LogP contribution < -0.4 is 5.32 Å². The first kappa shape index (κ1) is 18.0. The van der Waals surface area contributed by atoms with Gasteiger partial charge in [-0.2, -0.15) is 0 Å². The Bertz CT molecular complexity index is 156. The van der Waals surface area contributed by atoms with Crippen LogP contribution in [0, 0.1) is 5.92 Å². The van der Waals surface area contributed by atoms with Crippen LogP contribution in [0.3, 0.4) is 0 Å². The topological polar surface area (TPSA) is 12.0 Å². The van der Waals surface area contributed by atoms with Crippen LogP contribution in [-0.2, 0) is 0 Å². The van der Waals surface area contributed by atoms with Gasteiger partial charge in [0.25, 0.3) is 0 Å². The molecule has 0 rings (SSSR count). The number of hydrogen-bond donors (Lipinski definition) is 1. The van der Waals surface area contributed by atoms with E-state index >= 15 is 0 Å². The van der Waals surface area contributed by atoms with Crippen LogP contribution in [0.1, 0.15) is 91.9 Å². The smallest absolute Gasteiger partial charge is 0.00900 e. The molecule has 0 radical (unpaired) electrons. The largest absolute Gasteiger partial charge is 0.314 e. The molecule has 1 N–H and O–H groups in total. The van der Waals surface area contributed by atoms with E-state index in [1.807, 2.05) is 0 Å². The summed E-state index contributed by atoms with van der Waals surface area (Å²) in [5.74, 6) is 0.845. The van der Waals surface area contributed by atoms with E-state index in [9.17, 15) is 0 Å². The van der Waals surface area contributed by atoms with E-state index in [1.165, 1.54) is 70.8 Å². The number of unbranched alkanes of at least 4 members (excludes halogenated alkanes) is 6. The summed E-state index contributed by atoms with van der Waals surface area (Å²) in [7, 11) is 0. The molecule has 0 aromatic rings. The van der Waals surface area contributed by atoms with Crippen molar-refractivity contribution in [1.29, 1.82) is 0 Å². The van der Waals surface area contributed by atoms with Crippen LogP contribution in [0.2, 0.25) is 0 Å². The summed E-state index contributed by atoms with van der Waals surface area (Å²) in [6.45, 7) is 10.5. The van der Waals surface area contributed by atoms with Gasteiger partial charge in [0, 0.05) is 6.04 Å². The van der Waals surface area contributed by atoms with Gasteiger partial charge in [0.05, 0.1) is 0 Å². The van der Waals surface area contributed by atoms with Crippen LogP contribution in [0.5, 0.6) is 0 Å². The van der Waals surface area contributed by atoms with Gasteiger partial charge in [0.15, 0.2) is 0 Å². The minimum atomic E-state index is 0.741. The maximum atomic E-state index is 3.69. The van der Waals surface area contributed by atoms with Crippen molar-refractivity contribution in [2.45, 2.75) is 97.9 Å². The lowest BCUT2D eigenvalue weighted by atomic mass is 9.93. The Morgan fingerprint density at radius 2 is 1.39 bits per heavy atom. The fourth-order valence-corrected chi connectivity index (χ4v) is 2.70. The maximum absolute atomic E-state index is 3.69. The van der Waals surface area contributed by atoms with E-state index in [0.29, 0.717) is 0 Å². The molecular formula is C17H37N. The molecule has 0 saturated heterocycles. The zero-order valence-corrected chi connectivity index (χ0v) is 13.4. The second-order valence-electron chi connectivity index (χ2n) is 5.86. The molecule has 0 amide bonds. The fraction of sp³-hybridized carbons (Fsp3) is 1.00. The summed E-state index contributed by atoms with van der Waals surface area (Å²) in [5, 5.41) is 3.69. The van der Waals surface area contributed by atoms with Crippen LogP contribution in [-0.4, -0.2) is 12.6 Å². The zero-order chi connectivity index (χ0) is 13.6. The maximum Gasteiger partial charge on any atom is 0.00900 e. The van der Waals surface area contributed by atoms with Gasteiger partial charge in [-0.25, -0.2) is 0 Å². The molecule has 2 atom stereocenters. The Labute approximate surface area is 116 Å². The van der Waals surface area contributed by atoms with Crippen molar-refractivity contribution in [3.63, 3.8) is 0 Å². The third-order valence-corrected chi connectivity index (χ3v) is 4.05. The van der Waals surface area contributed by atoms with Gasteiger partial charge >= 0.3 is 0 Å². The molecule has 18 heavy (non-hydrogen) atoms. The Balaban J connectivity index is 3.46. The molecule has 2 unspecified atom stereocenters. The highest BCUT2D eigenvalue weighted by atomic mass is 14.9. The molecule has 0 aliphatic heterocycles. The van der Waals surface area contributed by atoms with Crippen molar-refractivity contribution < 1.29 is 0 Å². The molecule has 0 heterocycles. The van der Waals surface area contributed by atoms with Crippen LogP contribution in [0.15, 0.2) is 0 Å². The van der Waals surface area contributed by atoms with E-state index in [4.69, 9.17) is 0 Å². The van der Waals surface area contributed by atoms with Gasteiger partial charge in [-0.05, 0) is 31.7 Å². The predicted octanol–water partition coefficient (Wildman–Crippen LogP) is 5.54. The molecule has 110 valence electrons. The van der Waals surface area contributed by atoms with Crippen molar-refractivity contribution in [1.82, 2.24) is 5.32 Å². The fourth-order valence-electron chi connectivity index (χ4n) is 2.70. The second-order valence-corrected chi connectivity index (χ2v) is 5.86. The minimum absolute atomic E-state index is 0.741. The van der Waals surface area contributed by atoms with Gasteiger partial charge < -0.3 is 5.32 Å². The predicted molar refractivity (Wildman–Crippen MR) is 84.1 cm³/mol. The van der Waals surface area contributed by atoms with E-state index in [2.05, 4.69) is 33.0 Å². The highest BCUT2D eigenvalue weighted by Crippen LogP contribution is 2.17. The van der Waals surface area contributed by atoms with Crippen molar-refractivity contribution in [2.75, 3.05) is 6.54 Å². The molecule has 1 nitrogen and oxygen atoms in total. The van der Waals surface area contributed by atoms with Gasteiger partial charge in [-0.15, -0.1) is 0 Å². The summed E-state index contributed by atoms with van der Waals surface area (Å²) in [5.41, 5.74) is 0. The van der Waals surface area contributed by atoms with E-state index in [0.717, 1.165) is 12.0 Å². The van der Waals surface area contributed by atoms with Crippen LogP contribution in [0.4, 0.5) is 0 Å². The Kier molecular flexibility index (Phi) is 13.4. The first-order chi connectivity index (χ1) is 8.76. The second kappa shape index (κ2) is 13.4. The number of hydrogen-bond acceptors (Lipinski definition) is 1. The standard InChI is InChI=1S/C17H37N/c1-5-8-9-10-11-12-13-14-16(4)17(7-3)18-15-6-2/h16-18H,5-15H2,1-4H3. The highest BCUT2D eigenvalue weighted by molar-refractivity contribution is 4.71. The average molecular weight is 255 g/mol. The van der Waals surface area contributed by atoms with Gasteiger partial charge in [0.1, 0.15) is 0 Å². The quantitative estimate of drug-likeness (QED) is 0.426. The summed E-state index contributed by atoms with van der Waals surface area (Å²) in [6, 6.07) is 0.741. The lowest BCUT2D eigenvalue weighted by Gasteiger charge is -2.24. The first-order valence-corrected chi connectivity index (χ1v) is 8.49. The van der Waals surface area contributed by atoms with Crippen molar-refractivity contribution >= 4 is 0 Å². The molecular weight excluding hydrogens is 218 g/mol. The molecule has 0 spiro atoms. The summed E-state index contributed by atoms with van der Waals surface area (Å²) < 4.78 is 0. The molecule has 0 saturated carbocycles. The Morgan fingerprint density at radius 3 is 1.94 bits per heavy atom. The van der Waals surface area contributed by atoms with Crippen molar-refractivity contribution in [3.05, 3.63) is 0 Å². The molecule has 0 aromatic heterocycles. The average Bonchev–Trinajstić information content (AvgIpc) is 2.38. The molecule has 0 bridgehead atoms. The molecule has 1 heteroatoms. The van der Waals surface area contributed by atoms with E-state index in [1.54, 1.807) is 0 Å². The molecule has 0 fully saturated rings. The molecule has 0 aliphatic carbocycles. The lowest BCUT2D eigenvalue weighted by Crippen LogP contribution is -2.34. The highest BCUT2D eigenvalue weighted by Gasteiger charge is 2.13. The monoisotopic (exact) mass is 255 g/mol. The third kappa shape index (κ3) is 9.94. The van der Waals surface area contributed by atoms with Gasteiger partial charge in [-0.1, -0.05) is 72.6 Å². The molecule has 0 aliphatic rings. The summed E-state index contributed by atoms with van der Waals surface area (Å²) in [6.07, 6.45) is 13.9. The van der Waals surface area contributed by atoms with Crippen LogP contribution in [0.25, 0.3) is 0 Å². The van der Waals surface area contributed by atoms with Gasteiger partial charge in [0.2, 0.25) is 0 Å². The summed E-state index contributed by atoms with van der Waals surface area (Å²) >= 11 is 0. The van der Waals surface area contributed by atoms with E-state index in [-0.39, 0.29) is 0 Å². The molecule has 0 aromatic carbocycles. The minimum Gasteiger partial charge on any atom is -0.314 e. The number of rotatable bonds is 13. The SMILES string of the molecule is CCCCCCCCCC(C)C(CC)NCCC. The number of nitrogens with one attached hydrogen (secondary N) is 1. The lowest BCUT2D eigenvalue weighted by molar-refractivity contribution is 0.338. The van der Waals surface area contributed by atoms with Gasteiger partial charge in [-0.3, -0.25) is 0 Å². The Morgan fingerprint density at radius 1 is 0.778 bits per heavy atom. The first-order valence-electron chi connectivity index (χ1n) is 8.49. The Hall–Kier alpha value is -0.0400.